The van der Waals surface area contributed by atoms with E-state index in [2.05, 4.69) is 17.1 Å². The fourth-order valence-electron chi connectivity index (χ4n) is 0.853. The molecule has 0 aromatic carbocycles. The van der Waals surface area contributed by atoms with E-state index in [1.54, 1.807) is 0 Å². The van der Waals surface area contributed by atoms with Gasteiger partial charge in [0.15, 0.2) is 0 Å². The second-order valence-electron chi connectivity index (χ2n) is 2.57. The van der Waals surface area contributed by atoms with Gasteiger partial charge in [-0.1, -0.05) is 13.0 Å². The Hall–Kier alpha value is -0.700. The molecule has 0 saturated carbocycles. The van der Waals surface area contributed by atoms with Crippen LogP contribution in [0.15, 0.2) is 17.5 Å². The summed E-state index contributed by atoms with van der Waals surface area (Å²) in [7, 11) is 1.94. The van der Waals surface area contributed by atoms with Crippen LogP contribution < -0.4 is 5.32 Å². The van der Waals surface area contributed by atoms with Crippen LogP contribution in [0.1, 0.15) is 25.7 Å². The maximum absolute atomic E-state index is 9.86. The Labute approximate surface area is 67.8 Å². The Bertz CT molecular complexity index is 123. The standard InChI is InChI=1S/C8H16N2O/c1-8(10-11)6-4-3-5-7-9-2/h9H,1,3-7H2,2H3. The summed E-state index contributed by atoms with van der Waals surface area (Å²) in [5.41, 5.74) is 0.467. The Morgan fingerprint density at radius 3 is 2.73 bits per heavy atom. The molecule has 0 saturated heterocycles. The zero-order valence-corrected chi connectivity index (χ0v) is 7.10. The van der Waals surface area contributed by atoms with E-state index >= 15 is 0 Å². The minimum Gasteiger partial charge on any atom is -0.320 e. The Kier molecular flexibility index (Phi) is 6.94. The molecule has 0 amide bonds. The quantitative estimate of drug-likeness (QED) is 0.452. The van der Waals surface area contributed by atoms with E-state index in [-0.39, 0.29) is 0 Å². The highest BCUT2D eigenvalue weighted by atomic mass is 16.3. The zero-order valence-electron chi connectivity index (χ0n) is 7.10. The molecule has 1 N–H and O–H groups in total. The number of unbranched alkanes of at least 4 members (excludes halogenated alkanes) is 2. The van der Waals surface area contributed by atoms with E-state index < -0.39 is 0 Å². The first-order valence-corrected chi connectivity index (χ1v) is 3.97. The molecule has 0 atom stereocenters. The van der Waals surface area contributed by atoms with Crippen LogP contribution in [0.25, 0.3) is 0 Å². The fraction of sp³-hybridized carbons (Fsp3) is 0.750. The fourth-order valence-corrected chi connectivity index (χ4v) is 0.853. The van der Waals surface area contributed by atoms with Gasteiger partial charge in [-0.05, 0) is 38.0 Å². The van der Waals surface area contributed by atoms with Gasteiger partial charge in [0.05, 0.1) is 5.70 Å². The van der Waals surface area contributed by atoms with Crippen molar-refractivity contribution in [3.05, 3.63) is 17.2 Å². The molecule has 0 rings (SSSR count). The van der Waals surface area contributed by atoms with Gasteiger partial charge in [0, 0.05) is 0 Å². The number of hydrogen-bond donors (Lipinski definition) is 1. The molecule has 0 aromatic rings. The molecular weight excluding hydrogens is 140 g/mol. The molecule has 0 aliphatic carbocycles. The van der Waals surface area contributed by atoms with Gasteiger partial charge in [-0.3, -0.25) is 0 Å². The average molecular weight is 156 g/mol. The van der Waals surface area contributed by atoms with E-state index in [1.165, 1.54) is 0 Å². The van der Waals surface area contributed by atoms with Crippen LogP contribution >= 0.6 is 0 Å². The number of nitrogens with zero attached hydrogens (tertiary/aromatic N) is 1. The highest BCUT2D eigenvalue weighted by Gasteiger charge is 1.92. The monoisotopic (exact) mass is 156 g/mol. The Morgan fingerprint density at radius 2 is 2.18 bits per heavy atom. The summed E-state index contributed by atoms with van der Waals surface area (Å²) < 4.78 is 0. The molecule has 0 spiro atoms. The molecule has 0 bridgehead atoms. The highest BCUT2D eigenvalue weighted by molar-refractivity contribution is 4.89. The number of rotatable bonds is 7. The average Bonchev–Trinajstić information content (AvgIpc) is 2.04. The second kappa shape index (κ2) is 7.41. The van der Waals surface area contributed by atoms with Crippen LogP contribution in [0.5, 0.6) is 0 Å². The number of nitrogens with one attached hydrogen (secondary N) is 1. The van der Waals surface area contributed by atoms with Crippen molar-refractivity contribution in [1.29, 1.82) is 0 Å². The summed E-state index contributed by atoms with van der Waals surface area (Å²) in [6.07, 6.45) is 4.05. The number of hydrogen-bond acceptors (Lipinski definition) is 3. The molecule has 3 nitrogen and oxygen atoms in total. The van der Waals surface area contributed by atoms with Crippen molar-refractivity contribution in [2.24, 2.45) is 5.18 Å². The lowest BCUT2D eigenvalue weighted by Gasteiger charge is -1.98. The third-order valence-electron chi connectivity index (χ3n) is 1.52. The number of allylic oxidation sites excluding steroid dienone is 1. The SMILES string of the molecule is C=C(CCCCCNC)N=O. The molecule has 0 unspecified atom stereocenters. The van der Waals surface area contributed by atoms with E-state index in [9.17, 15) is 4.91 Å². The van der Waals surface area contributed by atoms with Gasteiger partial charge in [-0.25, -0.2) is 0 Å². The van der Waals surface area contributed by atoms with E-state index in [1.807, 2.05) is 7.05 Å². The maximum Gasteiger partial charge on any atom is 0.0777 e. The third kappa shape index (κ3) is 7.19. The summed E-state index contributed by atoms with van der Waals surface area (Å²) in [6.45, 7) is 4.54. The summed E-state index contributed by atoms with van der Waals surface area (Å²) in [5.74, 6) is 0. The molecule has 0 heterocycles. The molecular formula is C8H16N2O. The van der Waals surface area contributed by atoms with Crippen LogP contribution in [0, 0.1) is 4.91 Å². The molecule has 0 aliphatic heterocycles. The topological polar surface area (TPSA) is 41.5 Å². The molecule has 64 valence electrons. The molecule has 0 aromatic heterocycles. The minimum absolute atomic E-state index is 0.467. The van der Waals surface area contributed by atoms with Crippen LogP contribution in [-0.4, -0.2) is 13.6 Å². The highest BCUT2D eigenvalue weighted by Crippen LogP contribution is 2.06. The maximum atomic E-state index is 9.86. The smallest absolute Gasteiger partial charge is 0.0777 e. The van der Waals surface area contributed by atoms with Crippen molar-refractivity contribution in [3.8, 4) is 0 Å². The van der Waals surface area contributed by atoms with Gasteiger partial charge in [-0.2, -0.15) is 0 Å². The predicted molar refractivity (Wildman–Crippen MR) is 47.3 cm³/mol. The van der Waals surface area contributed by atoms with Gasteiger partial charge >= 0.3 is 0 Å². The first kappa shape index (κ1) is 10.3. The van der Waals surface area contributed by atoms with Crippen molar-refractivity contribution >= 4 is 0 Å². The van der Waals surface area contributed by atoms with Crippen LogP contribution in [0.4, 0.5) is 0 Å². The Balaban J connectivity index is 3.01. The zero-order chi connectivity index (χ0) is 8.53. The predicted octanol–water partition coefficient (Wildman–Crippen LogP) is 2.05. The van der Waals surface area contributed by atoms with Crippen molar-refractivity contribution < 1.29 is 0 Å². The van der Waals surface area contributed by atoms with Crippen LogP contribution in [0.2, 0.25) is 0 Å². The van der Waals surface area contributed by atoms with Crippen molar-refractivity contribution in [2.45, 2.75) is 25.7 Å². The first-order chi connectivity index (χ1) is 5.31. The molecule has 0 aliphatic rings. The van der Waals surface area contributed by atoms with E-state index in [0.717, 1.165) is 32.2 Å². The largest absolute Gasteiger partial charge is 0.320 e. The second-order valence-corrected chi connectivity index (χ2v) is 2.57. The molecule has 0 radical (unpaired) electrons. The van der Waals surface area contributed by atoms with Crippen molar-refractivity contribution in [2.75, 3.05) is 13.6 Å². The normalized spacial score (nSPS) is 9.55. The molecule has 3 heteroatoms. The van der Waals surface area contributed by atoms with Crippen molar-refractivity contribution in [3.63, 3.8) is 0 Å². The first-order valence-electron chi connectivity index (χ1n) is 3.97. The summed E-state index contributed by atoms with van der Waals surface area (Å²) in [4.78, 5) is 9.86. The van der Waals surface area contributed by atoms with Gasteiger partial charge in [-0.15, -0.1) is 4.91 Å². The van der Waals surface area contributed by atoms with Crippen molar-refractivity contribution in [1.82, 2.24) is 5.32 Å². The van der Waals surface area contributed by atoms with Gasteiger partial charge < -0.3 is 5.32 Å². The van der Waals surface area contributed by atoms with Gasteiger partial charge in [0.1, 0.15) is 0 Å². The third-order valence-corrected chi connectivity index (χ3v) is 1.52. The summed E-state index contributed by atoms with van der Waals surface area (Å²) in [6, 6.07) is 0. The summed E-state index contributed by atoms with van der Waals surface area (Å²) in [5, 5.41) is 5.81. The number of nitroso groups, excluding NO2 is 1. The minimum atomic E-state index is 0.467. The van der Waals surface area contributed by atoms with Gasteiger partial charge in [0.25, 0.3) is 0 Å². The van der Waals surface area contributed by atoms with E-state index in [4.69, 9.17) is 0 Å². The van der Waals surface area contributed by atoms with Gasteiger partial charge in [0.2, 0.25) is 0 Å². The Morgan fingerprint density at radius 1 is 1.45 bits per heavy atom. The van der Waals surface area contributed by atoms with Crippen LogP contribution in [0.3, 0.4) is 0 Å². The molecule has 0 fully saturated rings. The lowest BCUT2D eigenvalue weighted by Crippen LogP contribution is -2.06. The lowest BCUT2D eigenvalue weighted by atomic mass is 10.2. The lowest BCUT2D eigenvalue weighted by molar-refractivity contribution is 0.639. The van der Waals surface area contributed by atoms with E-state index in [0.29, 0.717) is 5.70 Å². The van der Waals surface area contributed by atoms with Crippen LogP contribution in [-0.2, 0) is 0 Å². The summed E-state index contributed by atoms with van der Waals surface area (Å²) >= 11 is 0. The molecule has 11 heavy (non-hydrogen) atoms.